The van der Waals surface area contributed by atoms with Gasteiger partial charge in [-0.15, -0.1) is 11.3 Å². The number of hydrogen-bond acceptors (Lipinski definition) is 3. The van der Waals surface area contributed by atoms with E-state index in [-0.39, 0.29) is 0 Å². The molecule has 1 aromatic heterocycles. The van der Waals surface area contributed by atoms with E-state index in [9.17, 15) is 0 Å². The SMILES string of the molecule is CCCNCC(Cc1nc(C)c(C)s1)c1cccc(Cl)c1. The molecule has 114 valence electrons. The number of halogens is 1. The maximum atomic E-state index is 6.15. The van der Waals surface area contributed by atoms with Gasteiger partial charge < -0.3 is 5.32 Å². The van der Waals surface area contributed by atoms with Crippen LogP contribution in [0.1, 0.15) is 40.4 Å². The van der Waals surface area contributed by atoms with Crippen LogP contribution in [0.3, 0.4) is 0 Å². The summed E-state index contributed by atoms with van der Waals surface area (Å²) in [5, 5.41) is 5.55. The fraction of sp³-hybridized carbons (Fsp3) is 0.471. The molecule has 0 saturated carbocycles. The summed E-state index contributed by atoms with van der Waals surface area (Å²) in [5.74, 6) is 0.417. The highest BCUT2D eigenvalue weighted by Crippen LogP contribution is 2.26. The second-order valence-corrected chi connectivity index (χ2v) is 7.13. The van der Waals surface area contributed by atoms with Gasteiger partial charge in [0.1, 0.15) is 0 Å². The summed E-state index contributed by atoms with van der Waals surface area (Å²) < 4.78 is 0. The predicted octanol–water partition coefficient (Wildman–Crippen LogP) is 4.74. The van der Waals surface area contributed by atoms with E-state index in [0.29, 0.717) is 5.92 Å². The van der Waals surface area contributed by atoms with Gasteiger partial charge in [-0.25, -0.2) is 4.98 Å². The van der Waals surface area contributed by atoms with Gasteiger partial charge in [-0.2, -0.15) is 0 Å². The third-order valence-corrected chi connectivity index (χ3v) is 4.96. The molecule has 2 rings (SSSR count). The lowest BCUT2D eigenvalue weighted by Gasteiger charge is -2.17. The van der Waals surface area contributed by atoms with Crippen LogP contribution in [0.5, 0.6) is 0 Å². The van der Waals surface area contributed by atoms with Crippen LogP contribution in [0.15, 0.2) is 24.3 Å². The first-order valence-corrected chi connectivity index (χ1v) is 8.68. The Balaban J connectivity index is 2.15. The van der Waals surface area contributed by atoms with Gasteiger partial charge in [0.25, 0.3) is 0 Å². The van der Waals surface area contributed by atoms with Crippen molar-refractivity contribution in [2.24, 2.45) is 0 Å². The van der Waals surface area contributed by atoms with Crippen molar-refractivity contribution in [1.29, 1.82) is 0 Å². The van der Waals surface area contributed by atoms with Gasteiger partial charge in [0.2, 0.25) is 0 Å². The first kappa shape index (κ1) is 16.5. The highest BCUT2D eigenvalue weighted by Gasteiger charge is 2.15. The van der Waals surface area contributed by atoms with Crippen molar-refractivity contribution in [3.05, 3.63) is 50.4 Å². The van der Waals surface area contributed by atoms with E-state index in [0.717, 1.165) is 36.6 Å². The van der Waals surface area contributed by atoms with Gasteiger partial charge in [0, 0.05) is 28.8 Å². The molecule has 1 aromatic carbocycles. The van der Waals surface area contributed by atoms with Gasteiger partial charge in [-0.3, -0.25) is 0 Å². The second kappa shape index (κ2) is 7.92. The molecule has 1 N–H and O–H groups in total. The fourth-order valence-corrected chi connectivity index (χ4v) is 3.57. The van der Waals surface area contributed by atoms with Crippen LogP contribution in [0, 0.1) is 13.8 Å². The second-order valence-electron chi connectivity index (χ2n) is 5.41. The van der Waals surface area contributed by atoms with Crippen molar-refractivity contribution >= 4 is 22.9 Å². The predicted molar refractivity (Wildman–Crippen MR) is 92.6 cm³/mol. The van der Waals surface area contributed by atoms with Crippen molar-refractivity contribution in [2.75, 3.05) is 13.1 Å². The molecule has 1 atom stereocenters. The largest absolute Gasteiger partial charge is 0.316 e. The number of nitrogens with zero attached hydrogens (tertiary/aromatic N) is 1. The van der Waals surface area contributed by atoms with Gasteiger partial charge >= 0.3 is 0 Å². The Morgan fingerprint density at radius 2 is 2.14 bits per heavy atom. The van der Waals surface area contributed by atoms with Crippen molar-refractivity contribution in [2.45, 2.75) is 39.5 Å². The van der Waals surface area contributed by atoms with E-state index in [1.807, 2.05) is 23.5 Å². The van der Waals surface area contributed by atoms with Gasteiger partial charge in [-0.1, -0.05) is 30.7 Å². The molecule has 0 fully saturated rings. The Kier molecular flexibility index (Phi) is 6.22. The van der Waals surface area contributed by atoms with Crippen LogP contribution in [0.2, 0.25) is 5.02 Å². The first-order chi connectivity index (χ1) is 10.1. The topological polar surface area (TPSA) is 24.9 Å². The summed E-state index contributed by atoms with van der Waals surface area (Å²) in [7, 11) is 0. The zero-order valence-electron chi connectivity index (χ0n) is 12.9. The molecular formula is C17H23ClN2S. The number of benzene rings is 1. The maximum absolute atomic E-state index is 6.15. The number of thiazole rings is 1. The molecule has 4 heteroatoms. The average Bonchev–Trinajstić information content (AvgIpc) is 2.76. The molecule has 1 heterocycles. The molecule has 2 aromatic rings. The number of rotatable bonds is 7. The van der Waals surface area contributed by atoms with Crippen LogP contribution in [0.25, 0.3) is 0 Å². The van der Waals surface area contributed by atoms with Crippen molar-refractivity contribution in [1.82, 2.24) is 10.3 Å². The van der Waals surface area contributed by atoms with E-state index in [4.69, 9.17) is 11.6 Å². The molecule has 0 aliphatic rings. The van der Waals surface area contributed by atoms with Crippen LogP contribution < -0.4 is 5.32 Å². The van der Waals surface area contributed by atoms with Crippen LogP contribution in [0.4, 0.5) is 0 Å². The lowest BCUT2D eigenvalue weighted by atomic mass is 9.96. The number of aromatic nitrogens is 1. The first-order valence-electron chi connectivity index (χ1n) is 7.49. The zero-order valence-corrected chi connectivity index (χ0v) is 14.5. The summed E-state index contributed by atoms with van der Waals surface area (Å²) >= 11 is 7.96. The standard InChI is InChI=1S/C17H23ClN2S/c1-4-8-19-11-15(14-6-5-7-16(18)9-14)10-17-20-12(2)13(3)21-17/h5-7,9,15,19H,4,8,10-11H2,1-3H3. The highest BCUT2D eigenvalue weighted by molar-refractivity contribution is 7.11. The molecule has 1 unspecified atom stereocenters. The van der Waals surface area contributed by atoms with E-state index < -0.39 is 0 Å². The van der Waals surface area contributed by atoms with Crippen molar-refractivity contribution in [3.8, 4) is 0 Å². The number of aryl methyl sites for hydroxylation is 2. The van der Waals surface area contributed by atoms with Gasteiger partial charge in [0.15, 0.2) is 0 Å². The summed E-state index contributed by atoms with van der Waals surface area (Å²) in [6, 6.07) is 8.20. The Morgan fingerprint density at radius 3 is 2.76 bits per heavy atom. The van der Waals surface area contributed by atoms with Crippen LogP contribution in [-0.4, -0.2) is 18.1 Å². The molecule has 21 heavy (non-hydrogen) atoms. The van der Waals surface area contributed by atoms with Crippen LogP contribution >= 0.6 is 22.9 Å². The third-order valence-electron chi connectivity index (χ3n) is 3.63. The smallest absolute Gasteiger partial charge is 0.0937 e. The van der Waals surface area contributed by atoms with Crippen molar-refractivity contribution < 1.29 is 0 Å². The Hall–Kier alpha value is -0.900. The summed E-state index contributed by atoms with van der Waals surface area (Å²) in [6.45, 7) is 8.42. The summed E-state index contributed by atoms with van der Waals surface area (Å²) in [4.78, 5) is 6.00. The minimum atomic E-state index is 0.417. The summed E-state index contributed by atoms with van der Waals surface area (Å²) in [5.41, 5.74) is 2.44. The molecule has 0 amide bonds. The fourth-order valence-electron chi connectivity index (χ4n) is 2.36. The minimum absolute atomic E-state index is 0.417. The quantitative estimate of drug-likeness (QED) is 0.745. The molecular weight excluding hydrogens is 300 g/mol. The summed E-state index contributed by atoms with van der Waals surface area (Å²) in [6.07, 6.45) is 2.12. The lowest BCUT2D eigenvalue weighted by Crippen LogP contribution is -2.23. The Morgan fingerprint density at radius 1 is 1.33 bits per heavy atom. The number of hydrogen-bond donors (Lipinski definition) is 1. The van der Waals surface area contributed by atoms with E-state index in [1.54, 1.807) is 0 Å². The van der Waals surface area contributed by atoms with E-state index >= 15 is 0 Å². The van der Waals surface area contributed by atoms with E-state index in [2.05, 4.69) is 43.2 Å². The third kappa shape index (κ3) is 4.80. The average molecular weight is 323 g/mol. The molecule has 0 spiro atoms. The van der Waals surface area contributed by atoms with E-state index in [1.165, 1.54) is 15.4 Å². The minimum Gasteiger partial charge on any atom is -0.316 e. The monoisotopic (exact) mass is 322 g/mol. The normalized spacial score (nSPS) is 12.6. The highest BCUT2D eigenvalue weighted by atomic mass is 35.5. The Labute approximate surface area is 136 Å². The molecule has 2 nitrogen and oxygen atoms in total. The lowest BCUT2D eigenvalue weighted by molar-refractivity contribution is 0.575. The molecule has 0 aliphatic heterocycles. The maximum Gasteiger partial charge on any atom is 0.0937 e. The zero-order chi connectivity index (χ0) is 15.2. The van der Waals surface area contributed by atoms with Crippen molar-refractivity contribution in [3.63, 3.8) is 0 Å². The molecule has 0 radical (unpaired) electrons. The molecule has 0 saturated heterocycles. The molecule has 0 aliphatic carbocycles. The van der Waals surface area contributed by atoms with Gasteiger partial charge in [0.05, 0.1) is 10.7 Å². The Bertz CT molecular complexity index is 560. The van der Waals surface area contributed by atoms with Gasteiger partial charge in [-0.05, 0) is 44.5 Å². The molecule has 0 bridgehead atoms. The number of nitrogens with one attached hydrogen (secondary N) is 1. The van der Waals surface area contributed by atoms with Crippen LogP contribution in [-0.2, 0) is 6.42 Å².